The van der Waals surface area contributed by atoms with Gasteiger partial charge in [0.2, 0.25) is 0 Å². The molecule has 0 spiro atoms. The number of hydrogen-bond donors (Lipinski definition) is 1. The Hall–Kier alpha value is 0.140. The van der Waals surface area contributed by atoms with Crippen molar-refractivity contribution in [3.8, 4) is 0 Å². The molecule has 4 heteroatoms. The molecule has 0 aromatic heterocycles. The maximum absolute atomic E-state index is 6.04. The molecule has 1 N–H and O–H groups in total. The number of benzene rings is 1. The van der Waals surface area contributed by atoms with E-state index in [1.807, 2.05) is 23.9 Å². The van der Waals surface area contributed by atoms with Crippen molar-refractivity contribution in [1.29, 1.82) is 0 Å². The van der Waals surface area contributed by atoms with Gasteiger partial charge in [0.25, 0.3) is 0 Å². The molecule has 1 aliphatic heterocycles. The predicted octanol–water partition coefficient (Wildman–Crippen LogP) is 4.41. The molecule has 1 aromatic carbocycles. The van der Waals surface area contributed by atoms with E-state index < -0.39 is 0 Å². The zero-order valence-electron chi connectivity index (χ0n) is 8.30. The van der Waals surface area contributed by atoms with Gasteiger partial charge in [0.05, 0.1) is 15.2 Å². The van der Waals surface area contributed by atoms with Crippen LogP contribution >= 0.6 is 39.3 Å². The molecule has 0 amide bonds. The van der Waals surface area contributed by atoms with Crippen LogP contribution in [0.2, 0.25) is 5.02 Å². The third-order valence-electron chi connectivity index (χ3n) is 2.47. The van der Waals surface area contributed by atoms with Gasteiger partial charge in [0.1, 0.15) is 0 Å². The van der Waals surface area contributed by atoms with E-state index in [4.69, 9.17) is 11.6 Å². The lowest BCUT2D eigenvalue weighted by Crippen LogP contribution is -2.25. The van der Waals surface area contributed by atoms with Gasteiger partial charge in [0, 0.05) is 11.8 Å². The van der Waals surface area contributed by atoms with Crippen LogP contribution in [0.3, 0.4) is 0 Å². The van der Waals surface area contributed by atoms with E-state index in [-0.39, 0.29) is 0 Å². The van der Waals surface area contributed by atoms with E-state index in [2.05, 4.69) is 27.3 Å². The summed E-state index contributed by atoms with van der Waals surface area (Å²) < 4.78 is 0.974. The molecule has 0 saturated carbocycles. The van der Waals surface area contributed by atoms with Crippen LogP contribution in [0.1, 0.15) is 12.8 Å². The normalized spacial score (nSPS) is 21.3. The SMILES string of the molecule is Clc1cccc(NC2CCCSC2)c1Br. The number of hydrogen-bond acceptors (Lipinski definition) is 2. The van der Waals surface area contributed by atoms with Crippen molar-refractivity contribution in [3.63, 3.8) is 0 Å². The Labute approximate surface area is 108 Å². The standard InChI is InChI=1S/C11H13BrClNS/c12-11-9(13)4-1-5-10(11)14-8-3-2-6-15-7-8/h1,4-5,8,14H,2-3,6-7H2. The summed E-state index contributed by atoms with van der Waals surface area (Å²) in [5.74, 6) is 2.49. The van der Waals surface area contributed by atoms with Crippen LogP contribution in [0.4, 0.5) is 5.69 Å². The van der Waals surface area contributed by atoms with Crippen molar-refractivity contribution in [2.24, 2.45) is 0 Å². The Morgan fingerprint density at radius 3 is 3.07 bits per heavy atom. The second-order valence-corrected chi connectivity index (χ2v) is 6.01. The van der Waals surface area contributed by atoms with Gasteiger partial charge in [-0.2, -0.15) is 11.8 Å². The van der Waals surface area contributed by atoms with Gasteiger partial charge >= 0.3 is 0 Å². The summed E-state index contributed by atoms with van der Waals surface area (Å²) in [6.07, 6.45) is 2.56. The number of anilines is 1. The molecule has 1 fully saturated rings. The fourth-order valence-electron chi connectivity index (χ4n) is 1.69. The fourth-order valence-corrected chi connectivity index (χ4v) is 3.32. The van der Waals surface area contributed by atoms with E-state index in [0.29, 0.717) is 6.04 Å². The van der Waals surface area contributed by atoms with Gasteiger partial charge in [-0.15, -0.1) is 0 Å². The first-order valence-corrected chi connectivity index (χ1v) is 7.38. The monoisotopic (exact) mass is 305 g/mol. The predicted molar refractivity (Wildman–Crippen MR) is 73.1 cm³/mol. The second-order valence-electron chi connectivity index (χ2n) is 3.66. The van der Waals surface area contributed by atoms with Crippen LogP contribution in [0.25, 0.3) is 0 Å². The molecule has 1 aliphatic rings. The van der Waals surface area contributed by atoms with Crippen LogP contribution < -0.4 is 5.32 Å². The topological polar surface area (TPSA) is 12.0 Å². The van der Waals surface area contributed by atoms with Crippen molar-refractivity contribution in [3.05, 3.63) is 27.7 Å². The third kappa shape index (κ3) is 3.05. The largest absolute Gasteiger partial charge is 0.381 e. The van der Waals surface area contributed by atoms with E-state index >= 15 is 0 Å². The second kappa shape index (κ2) is 5.46. The highest BCUT2D eigenvalue weighted by molar-refractivity contribution is 9.10. The van der Waals surface area contributed by atoms with Crippen molar-refractivity contribution in [1.82, 2.24) is 0 Å². The van der Waals surface area contributed by atoms with Crippen molar-refractivity contribution in [2.75, 3.05) is 16.8 Å². The van der Waals surface area contributed by atoms with Crippen LogP contribution in [0.5, 0.6) is 0 Å². The molecule has 1 unspecified atom stereocenters. The fraction of sp³-hybridized carbons (Fsp3) is 0.455. The first-order valence-electron chi connectivity index (χ1n) is 5.05. The summed E-state index contributed by atoms with van der Waals surface area (Å²) in [5, 5.41) is 4.30. The quantitative estimate of drug-likeness (QED) is 0.868. The van der Waals surface area contributed by atoms with Crippen molar-refractivity contribution in [2.45, 2.75) is 18.9 Å². The van der Waals surface area contributed by atoms with Gasteiger partial charge < -0.3 is 5.32 Å². The van der Waals surface area contributed by atoms with Crippen LogP contribution in [-0.4, -0.2) is 17.5 Å². The average Bonchev–Trinajstić information content (AvgIpc) is 2.26. The summed E-state index contributed by atoms with van der Waals surface area (Å²) in [6.45, 7) is 0. The van der Waals surface area contributed by atoms with E-state index in [9.17, 15) is 0 Å². The molecule has 0 bridgehead atoms. The molecular weight excluding hydrogens is 294 g/mol. The summed E-state index contributed by atoms with van der Waals surface area (Å²) in [5.41, 5.74) is 1.11. The average molecular weight is 307 g/mol. The molecule has 1 nitrogen and oxygen atoms in total. The number of halogens is 2. The number of nitrogens with one attached hydrogen (secondary N) is 1. The van der Waals surface area contributed by atoms with Crippen molar-refractivity contribution >= 4 is 45.0 Å². The van der Waals surface area contributed by atoms with E-state index in [0.717, 1.165) is 15.2 Å². The number of thioether (sulfide) groups is 1. The summed E-state index contributed by atoms with van der Waals surface area (Å²) >= 11 is 11.6. The molecule has 1 atom stereocenters. The minimum absolute atomic E-state index is 0.582. The third-order valence-corrected chi connectivity index (χ3v) is 5.08. The van der Waals surface area contributed by atoms with Crippen molar-refractivity contribution < 1.29 is 0 Å². The smallest absolute Gasteiger partial charge is 0.0593 e. The highest BCUT2D eigenvalue weighted by atomic mass is 79.9. The van der Waals surface area contributed by atoms with Gasteiger partial charge in [0.15, 0.2) is 0 Å². The molecule has 82 valence electrons. The maximum atomic E-state index is 6.04. The van der Waals surface area contributed by atoms with Gasteiger partial charge in [-0.3, -0.25) is 0 Å². The lowest BCUT2D eigenvalue weighted by atomic mass is 10.2. The molecule has 2 rings (SSSR count). The molecule has 1 saturated heterocycles. The van der Waals surface area contributed by atoms with Crippen LogP contribution in [0.15, 0.2) is 22.7 Å². The highest BCUT2D eigenvalue weighted by Crippen LogP contribution is 2.31. The van der Waals surface area contributed by atoms with Gasteiger partial charge in [-0.1, -0.05) is 17.7 Å². The summed E-state index contributed by atoms with van der Waals surface area (Å²) in [4.78, 5) is 0. The first-order chi connectivity index (χ1) is 7.27. The molecule has 1 aromatic rings. The van der Waals surface area contributed by atoms with Gasteiger partial charge in [-0.25, -0.2) is 0 Å². The summed E-state index contributed by atoms with van der Waals surface area (Å²) in [6, 6.07) is 6.52. The Balaban J connectivity index is 2.06. The summed E-state index contributed by atoms with van der Waals surface area (Å²) in [7, 11) is 0. The first kappa shape index (κ1) is 11.6. The minimum atomic E-state index is 0.582. The van der Waals surface area contributed by atoms with Gasteiger partial charge in [-0.05, 0) is 46.7 Å². The number of rotatable bonds is 2. The molecule has 1 heterocycles. The molecule has 0 radical (unpaired) electrons. The molecule has 15 heavy (non-hydrogen) atoms. The zero-order chi connectivity index (χ0) is 10.7. The van der Waals surface area contributed by atoms with Crippen LogP contribution in [0, 0.1) is 0 Å². The zero-order valence-corrected chi connectivity index (χ0v) is 11.5. The minimum Gasteiger partial charge on any atom is -0.381 e. The lowest BCUT2D eigenvalue weighted by molar-refractivity contribution is 0.685. The molecule has 0 aliphatic carbocycles. The lowest BCUT2D eigenvalue weighted by Gasteiger charge is -2.24. The van der Waals surface area contributed by atoms with E-state index in [1.54, 1.807) is 0 Å². The molecular formula is C11H13BrClNS. The Bertz CT molecular complexity index is 339. The maximum Gasteiger partial charge on any atom is 0.0593 e. The Morgan fingerprint density at radius 2 is 2.33 bits per heavy atom. The highest BCUT2D eigenvalue weighted by Gasteiger charge is 2.14. The Morgan fingerprint density at radius 1 is 1.47 bits per heavy atom. The van der Waals surface area contributed by atoms with E-state index in [1.165, 1.54) is 24.3 Å². The van der Waals surface area contributed by atoms with Crippen LogP contribution in [-0.2, 0) is 0 Å². The Kier molecular flexibility index (Phi) is 4.23.